The maximum Gasteiger partial charge on any atom is 0.408 e. The van der Waals surface area contributed by atoms with E-state index in [1.807, 2.05) is 0 Å². The van der Waals surface area contributed by atoms with Crippen LogP contribution < -0.4 is 10.6 Å². The van der Waals surface area contributed by atoms with Crippen molar-refractivity contribution in [3.05, 3.63) is 24.0 Å². The predicted octanol–water partition coefficient (Wildman–Crippen LogP) is 3.02. The number of nitrogens with zero attached hydrogens (tertiary/aromatic N) is 1. The SMILES string of the molecule is CC(C)(C)OC(=O)NC1(C(=O)Nc2ccc(C(F)F)nc2)CC1. The standard InChI is InChI=1S/C15H19F2N3O3/c1-14(2,3)23-13(22)20-15(6-7-15)12(21)19-9-4-5-10(11(16)17)18-8-9/h4-5,8,11H,6-7H2,1-3H3,(H,19,21)(H,20,22). The van der Waals surface area contributed by atoms with Crippen molar-refractivity contribution in [3.63, 3.8) is 0 Å². The number of aromatic nitrogens is 1. The zero-order valence-electron chi connectivity index (χ0n) is 13.2. The summed E-state index contributed by atoms with van der Waals surface area (Å²) >= 11 is 0. The molecule has 0 aliphatic heterocycles. The molecule has 2 amide bonds. The quantitative estimate of drug-likeness (QED) is 0.891. The molecule has 1 fully saturated rings. The maximum atomic E-state index is 12.4. The minimum absolute atomic E-state index is 0.289. The van der Waals surface area contributed by atoms with E-state index >= 15 is 0 Å². The zero-order valence-corrected chi connectivity index (χ0v) is 13.2. The van der Waals surface area contributed by atoms with Gasteiger partial charge in [0.2, 0.25) is 5.91 Å². The Morgan fingerprint density at radius 1 is 1.30 bits per heavy atom. The highest BCUT2D eigenvalue weighted by atomic mass is 19.3. The first-order chi connectivity index (χ1) is 10.6. The molecular weight excluding hydrogens is 308 g/mol. The molecule has 126 valence electrons. The lowest BCUT2D eigenvalue weighted by Gasteiger charge is -2.23. The van der Waals surface area contributed by atoms with Gasteiger partial charge < -0.3 is 15.4 Å². The molecule has 2 N–H and O–H groups in total. The summed E-state index contributed by atoms with van der Waals surface area (Å²) in [6, 6.07) is 2.48. The van der Waals surface area contributed by atoms with E-state index in [9.17, 15) is 18.4 Å². The van der Waals surface area contributed by atoms with Gasteiger partial charge in [0.25, 0.3) is 6.43 Å². The fraction of sp³-hybridized carbons (Fsp3) is 0.533. The number of carbonyl (C=O) groups excluding carboxylic acids is 2. The van der Waals surface area contributed by atoms with Crippen LogP contribution in [0.25, 0.3) is 0 Å². The van der Waals surface area contributed by atoms with Crippen LogP contribution in [0.1, 0.15) is 45.7 Å². The molecule has 8 heteroatoms. The molecule has 0 saturated heterocycles. The Labute approximate surface area is 132 Å². The number of carbonyl (C=O) groups is 2. The Morgan fingerprint density at radius 2 is 1.96 bits per heavy atom. The van der Waals surface area contributed by atoms with Crippen LogP contribution in [0.5, 0.6) is 0 Å². The second-order valence-corrected chi connectivity index (χ2v) is 6.44. The summed E-state index contributed by atoms with van der Waals surface area (Å²) in [5, 5.41) is 5.12. The van der Waals surface area contributed by atoms with Crippen molar-refractivity contribution in [2.75, 3.05) is 5.32 Å². The first-order valence-corrected chi connectivity index (χ1v) is 7.18. The number of hydrogen-bond donors (Lipinski definition) is 2. The number of ether oxygens (including phenoxy) is 1. The molecule has 1 saturated carbocycles. The largest absolute Gasteiger partial charge is 0.444 e. The van der Waals surface area contributed by atoms with E-state index in [4.69, 9.17) is 4.74 Å². The van der Waals surface area contributed by atoms with Gasteiger partial charge >= 0.3 is 6.09 Å². The highest BCUT2D eigenvalue weighted by Crippen LogP contribution is 2.37. The van der Waals surface area contributed by atoms with Crippen LogP contribution in [-0.2, 0) is 9.53 Å². The minimum atomic E-state index is -2.66. The molecular formula is C15H19F2N3O3. The third kappa shape index (κ3) is 4.61. The van der Waals surface area contributed by atoms with Crippen molar-refractivity contribution in [2.45, 2.75) is 51.2 Å². The van der Waals surface area contributed by atoms with Crippen LogP contribution in [0, 0.1) is 0 Å². The molecule has 1 aromatic rings. The minimum Gasteiger partial charge on any atom is -0.444 e. The van der Waals surface area contributed by atoms with Crippen LogP contribution in [0.3, 0.4) is 0 Å². The normalized spacial score (nSPS) is 15.9. The van der Waals surface area contributed by atoms with Crippen LogP contribution in [0.4, 0.5) is 19.3 Å². The molecule has 0 bridgehead atoms. The molecule has 2 rings (SSSR count). The summed E-state index contributed by atoms with van der Waals surface area (Å²) < 4.78 is 30.0. The second kappa shape index (κ2) is 6.10. The summed E-state index contributed by atoms with van der Waals surface area (Å²) in [7, 11) is 0. The smallest absolute Gasteiger partial charge is 0.408 e. The number of amides is 2. The highest BCUT2D eigenvalue weighted by molar-refractivity contribution is 6.02. The van der Waals surface area contributed by atoms with Gasteiger partial charge in [0, 0.05) is 0 Å². The Balaban J connectivity index is 1.96. The van der Waals surface area contributed by atoms with E-state index in [1.54, 1.807) is 20.8 Å². The van der Waals surface area contributed by atoms with Crippen molar-refractivity contribution >= 4 is 17.7 Å². The summed E-state index contributed by atoms with van der Waals surface area (Å²) in [6.07, 6.45) is -1.20. The number of pyridine rings is 1. The second-order valence-electron chi connectivity index (χ2n) is 6.44. The fourth-order valence-electron chi connectivity index (χ4n) is 1.89. The first kappa shape index (κ1) is 17.1. The van der Waals surface area contributed by atoms with Gasteiger partial charge in [0.15, 0.2) is 0 Å². The molecule has 0 spiro atoms. The van der Waals surface area contributed by atoms with Crippen molar-refractivity contribution in [3.8, 4) is 0 Å². The van der Waals surface area contributed by atoms with E-state index in [1.165, 1.54) is 6.07 Å². The number of nitrogens with one attached hydrogen (secondary N) is 2. The Kier molecular flexibility index (Phi) is 4.53. The van der Waals surface area contributed by atoms with Crippen molar-refractivity contribution in [2.24, 2.45) is 0 Å². The van der Waals surface area contributed by atoms with Gasteiger partial charge in [-0.2, -0.15) is 0 Å². The van der Waals surface area contributed by atoms with Crippen molar-refractivity contribution < 1.29 is 23.1 Å². The Morgan fingerprint density at radius 3 is 2.39 bits per heavy atom. The summed E-state index contributed by atoms with van der Waals surface area (Å²) in [5.41, 5.74) is -1.75. The number of alkyl carbamates (subject to hydrolysis) is 1. The van der Waals surface area contributed by atoms with E-state index in [2.05, 4.69) is 15.6 Å². The molecule has 0 radical (unpaired) electrons. The molecule has 1 aromatic heterocycles. The van der Waals surface area contributed by atoms with Gasteiger partial charge in [-0.3, -0.25) is 9.78 Å². The van der Waals surface area contributed by atoms with Crippen LogP contribution in [0.2, 0.25) is 0 Å². The number of anilines is 1. The molecule has 0 aromatic carbocycles. The topological polar surface area (TPSA) is 80.3 Å². The zero-order chi connectivity index (χ0) is 17.3. The monoisotopic (exact) mass is 327 g/mol. The van der Waals surface area contributed by atoms with E-state index in [0.29, 0.717) is 12.8 Å². The predicted molar refractivity (Wildman–Crippen MR) is 79.2 cm³/mol. The molecule has 0 unspecified atom stereocenters. The number of alkyl halides is 2. The average molecular weight is 327 g/mol. The van der Waals surface area contributed by atoms with Crippen LogP contribution >= 0.6 is 0 Å². The van der Waals surface area contributed by atoms with Gasteiger partial charge in [-0.15, -0.1) is 0 Å². The van der Waals surface area contributed by atoms with Gasteiger partial charge in [0.05, 0.1) is 11.9 Å². The van der Waals surface area contributed by atoms with Crippen molar-refractivity contribution in [1.29, 1.82) is 0 Å². The Hall–Kier alpha value is -2.25. The molecule has 23 heavy (non-hydrogen) atoms. The lowest BCUT2D eigenvalue weighted by Crippen LogP contribution is -2.47. The lowest BCUT2D eigenvalue weighted by molar-refractivity contribution is -0.119. The lowest BCUT2D eigenvalue weighted by atomic mass is 10.2. The van der Waals surface area contributed by atoms with E-state index in [0.717, 1.165) is 12.3 Å². The van der Waals surface area contributed by atoms with E-state index < -0.39 is 29.6 Å². The molecule has 1 aliphatic carbocycles. The van der Waals surface area contributed by atoms with Crippen molar-refractivity contribution in [1.82, 2.24) is 10.3 Å². The molecule has 6 nitrogen and oxygen atoms in total. The van der Waals surface area contributed by atoms with Gasteiger partial charge in [0.1, 0.15) is 16.8 Å². The van der Waals surface area contributed by atoms with Gasteiger partial charge in [-0.1, -0.05) is 0 Å². The highest BCUT2D eigenvalue weighted by Gasteiger charge is 2.52. The van der Waals surface area contributed by atoms with Gasteiger partial charge in [-0.05, 0) is 45.7 Å². The van der Waals surface area contributed by atoms with E-state index in [-0.39, 0.29) is 11.4 Å². The number of hydrogen-bond acceptors (Lipinski definition) is 4. The third-order valence-corrected chi connectivity index (χ3v) is 3.19. The molecule has 1 aliphatic rings. The summed E-state index contributed by atoms with van der Waals surface area (Å²) in [5.74, 6) is -0.421. The average Bonchev–Trinajstić information content (AvgIpc) is 3.17. The van der Waals surface area contributed by atoms with Gasteiger partial charge in [-0.25, -0.2) is 13.6 Å². The Bertz CT molecular complexity index is 593. The third-order valence-electron chi connectivity index (χ3n) is 3.19. The van der Waals surface area contributed by atoms with Crippen LogP contribution in [-0.4, -0.2) is 28.1 Å². The molecule has 1 heterocycles. The number of halogens is 2. The maximum absolute atomic E-state index is 12.4. The summed E-state index contributed by atoms with van der Waals surface area (Å²) in [6.45, 7) is 5.17. The first-order valence-electron chi connectivity index (χ1n) is 7.18. The fourth-order valence-corrected chi connectivity index (χ4v) is 1.89. The number of rotatable bonds is 4. The van der Waals surface area contributed by atoms with Crippen LogP contribution in [0.15, 0.2) is 18.3 Å². The molecule has 0 atom stereocenters. The summed E-state index contributed by atoms with van der Waals surface area (Å²) in [4.78, 5) is 27.6.